The maximum absolute atomic E-state index is 11.3. The summed E-state index contributed by atoms with van der Waals surface area (Å²) < 4.78 is 0. The lowest BCUT2D eigenvalue weighted by atomic mass is 10.1. The van der Waals surface area contributed by atoms with Gasteiger partial charge in [-0.05, 0) is 18.2 Å². The maximum Gasteiger partial charge on any atom is 0.252 e. The minimum absolute atomic E-state index is 0.159. The van der Waals surface area contributed by atoms with Crippen molar-refractivity contribution in [3.63, 3.8) is 0 Å². The van der Waals surface area contributed by atoms with Crippen molar-refractivity contribution in [2.45, 2.75) is 0 Å². The van der Waals surface area contributed by atoms with E-state index in [0.29, 0.717) is 10.6 Å². The topological polar surface area (TPSA) is 54.9 Å². The zero-order chi connectivity index (χ0) is 12.3. The quantitative estimate of drug-likeness (QED) is 0.885. The van der Waals surface area contributed by atoms with Gasteiger partial charge in [0.2, 0.25) is 0 Å². The molecule has 0 aliphatic rings. The molecule has 5 heteroatoms. The maximum atomic E-state index is 11.3. The largest absolute Gasteiger partial charge is 0.355 e. The number of amides is 1. The van der Waals surface area contributed by atoms with Crippen LogP contribution in [0.1, 0.15) is 10.4 Å². The fraction of sp³-hybridized carbons (Fsp3) is 0.0833. The van der Waals surface area contributed by atoms with Crippen molar-refractivity contribution >= 4 is 17.5 Å². The molecule has 0 fully saturated rings. The van der Waals surface area contributed by atoms with Crippen LogP contribution in [0.25, 0.3) is 11.3 Å². The second-order valence-corrected chi connectivity index (χ2v) is 3.84. The van der Waals surface area contributed by atoms with E-state index in [2.05, 4.69) is 15.3 Å². The molecule has 0 atom stereocenters. The van der Waals surface area contributed by atoms with Gasteiger partial charge in [-0.1, -0.05) is 11.6 Å². The Bertz CT molecular complexity index is 540. The summed E-state index contributed by atoms with van der Waals surface area (Å²) >= 11 is 5.84. The third kappa shape index (κ3) is 2.60. The minimum Gasteiger partial charge on any atom is -0.355 e. The molecule has 1 amide bonds. The molecule has 0 saturated carbocycles. The van der Waals surface area contributed by atoms with Crippen molar-refractivity contribution < 1.29 is 4.79 Å². The molecule has 0 bridgehead atoms. The molecule has 2 aromatic heterocycles. The monoisotopic (exact) mass is 247 g/mol. The smallest absolute Gasteiger partial charge is 0.252 e. The summed E-state index contributed by atoms with van der Waals surface area (Å²) in [5, 5.41) is 3.09. The SMILES string of the molecule is CNC(=O)c1ccc(-c2cncc(Cl)c2)nc1. The predicted octanol–water partition coefficient (Wildman–Crippen LogP) is 2.16. The molecule has 0 spiro atoms. The van der Waals surface area contributed by atoms with Crippen LogP contribution in [0.5, 0.6) is 0 Å². The Morgan fingerprint density at radius 2 is 2.12 bits per heavy atom. The first kappa shape index (κ1) is 11.5. The van der Waals surface area contributed by atoms with E-state index in [-0.39, 0.29) is 5.91 Å². The van der Waals surface area contributed by atoms with Crippen LogP contribution in [0.15, 0.2) is 36.8 Å². The molecular weight excluding hydrogens is 238 g/mol. The Hall–Kier alpha value is -1.94. The Morgan fingerprint density at radius 1 is 1.29 bits per heavy atom. The van der Waals surface area contributed by atoms with Crippen LogP contribution in [0, 0.1) is 0 Å². The number of pyridine rings is 2. The molecule has 0 aromatic carbocycles. The molecule has 86 valence electrons. The number of aromatic nitrogens is 2. The molecule has 0 aliphatic carbocycles. The fourth-order valence-electron chi connectivity index (χ4n) is 1.40. The second kappa shape index (κ2) is 4.93. The van der Waals surface area contributed by atoms with E-state index in [9.17, 15) is 4.79 Å². The molecule has 2 aromatic rings. The molecule has 2 rings (SSSR count). The average molecular weight is 248 g/mol. The molecule has 4 nitrogen and oxygen atoms in total. The zero-order valence-electron chi connectivity index (χ0n) is 9.14. The van der Waals surface area contributed by atoms with Crippen LogP contribution in [-0.4, -0.2) is 22.9 Å². The summed E-state index contributed by atoms with van der Waals surface area (Å²) in [5.74, 6) is -0.159. The lowest BCUT2D eigenvalue weighted by molar-refractivity contribution is 0.0963. The Kier molecular flexibility index (Phi) is 3.35. The second-order valence-electron chi connectivity index (χ2n) is 3.40. The van der Waals surface area contributed by atoms with Gasteiger partial charge < -0.3 is 5.32 Å². The highest BCUT2D eigenvalue weighted by Crippen LogP contribution is 2.19. The van der Waals surface area contributed by atoms with Crippen LogP contribution in [0.4, 0.5) is 0 Å². The molecular formula is C12H10ClN3O. The van der Waals surface area contributed by atoms with Gasteiger partial charge in [0.25, 0.3) is 5.91 Å². The molecule has 1 N–H and O–H groups in total. The average Bonchev–Trinajstić information content (AvgIpc) is 2.38. The van der Waals surface area contributed by atoms with Gasteiger partial charge >= 0.3 is 0 Å². The van der Waals surface area contributed by atoms with Crippen molar-refractivity contribution in [2.75, 3.05) is 7.05 Å². The first-order valence-electron chi connectivity index (χ1n) is 5.00. The number of nitrogens with one attached hydrogen (secondary N) is 1. The van der Waals surface area contributed by atoms with Gasteiger partial charge in [0.1, 0.15) is 0 Å². The lowest BCUT2D eigenvalue weighted by Gasteiger charge is -2.02. The van der Waals surface area contributed by atoms with E-state index in [1.54, 1.807) is 37.6 Å². The predicted molar refractivity (Wildman–Crippen MR) is 65.9 cm³/mol. The van der Waals surface area contributed by atoms with E-state index >= 15 is 0 Å². The van der Waals surface area contributed by atoms with Gasteiger partial charge in [0.15, 0.2) is 0 Å². The van der Waals surface area contributed by atoms with E-state index in [4.69, 9.17) is 11.6 Å². The van der Waals surface area contributed by atoms with E-state index in [1.165, 1.54) is 6.20 Å². The van der Waals surface area contributed by atoms with Gasteiger partial charge in [-0.2, -0.15) is 0 Å². The minimum atomic E-state index is -0.159. The first-order valence-corrected chi connectivity index (χ1v) is 5.37. The van der Waals surface area contributed by atoms with Gasteiger partial charge in [-0.25, -0.2) is 0 Å². The van der Waals surface area contributed by atoms with Gasteiger partial charge in [0.05, 0.1) is 16.3 Å². The number of carbonyl (C=O) groups excluding carboxylic acids is 1. The molecule has 2 heterocycles. The molecule has 0 radical (unpaired) electrons. The summed E-state index contributed by atoms with van der Waals surface area (Å²) in [4.78, 5) is 19.5. The lowest BCUT2D eigenvalue weighted by Crippen LogP contribution is -2.17. The van der Waals surface area contributed by atoms with Crippen LogP contribution in [0.2, 0.25) is 5.02 Å². The number of carbonyl (C=O) groups is 1. The van der Waals surface area contributed by atoms with Crippen molar-refractivity contribution in [2.24, 2.45) is 0 Å². The summed E-state index contributed by atoms with van der Waals surface area (Å²) in [6.45, 7) is 0. The van der Waals surface area contributed by atoms with Crippen LogP contribution in [0.3, 0.4) is 0 Å². The highest BCUT2D eigenvalue weighted by molar-refractivity contribution is 6.30. The number of hydrogen-bond acceptors (Lipinski definition) is 3. The normalized spacial score (nSPS) is 10.0. The van der Waals surface area contributed by atoms with Crippen molar-refractivity contribution in [3.8, 4) is 11.3 Å². The van der Waals surface area contributed by atoms with Gasteiger partial charge in [0, 0.05) is 31.2 Å². The standard InChI is InChI=1S/C12H10ClN3O/c1-14-12(17)8-2-3-11(16-6-8)9-4-10(13)7-15-5-9/h2-7H,1H3,(H,14,17). The summed E-state index contributed by atoms with van der Waals surface area (Å²) in [6, 6.07) is 5.25. The molecule has 0 saturated heterocycles. The van der Waals surface area contributed by atoms with Gasteiger partial charge in [-0.3, -0.25) is 14.8 Å². The first-order chi connectivity index (χ1) is 8.20. The van der Waals surface area contributed by atoms with Crippen LogP contribution in [-0.2, 0) is 0 Å². The summed E-state index contributed by atoms with van der Waals surface area (Å²) in [6.07, 6.45) is 4.76. The highest BCUT2D eigenvalue weighted by atomic mass is 35.5. The van der Waals surface area contributed by atoms with Crippen molar-refractivity contribution in [1.82, 2.24) is 15.3 Å². The fourth-order valence-corrected chi connectivity index (χ4v) is 1.57. The summed E-state index contributed by atoms with van der Waals surface area (Å²) in [5.41, 5.74) is 2.07. The van der Waals surface area contributed by atoms with E-state index in [0.717, 1.165) is 11.3 Å². The summed E-state index contributed by atoms with van der Waals surface area (Å²) in [7, 11) is 1.58. The Labute approximate surface area is 104 Å². The Morgan fingerprint density at radius 3 is 2.71 bits per heavy atom. The third-order valence-corrected chi connectivity index (χ3v) is 2.46. The molecule has 17 heavy (non-hydrogen) atoms. The van der Waals surface area contributed by atoms with Gasteiger partial charge in [-0.15, -0.1) is 0 Å². The van der Waals surface area contributed by atoms with E-state index < -0.39 is 0 Å². The van der Waals surface area contributed by atoms with Crippen molar-refractivity contribution in [3.05, 3.63) is 47.4 Å². The molecule has 0 unspecified atom stereocenters. The Balaban J connectivity index is 2.32. The van der Waals surface area contributed by atoms with E-state index in [1.807, 2.05) is 0 Å². The molecule has 0 aliphatic heterocycles. The zero-order valence-corrected chi connectivity index (χ0v) is 9.90. The number of halogens is 1. The number of nitrogens with zero attached hydrogens (tertiary/aromatic N) is 2. The van der Waals surface area contributed by atoms with Crippen LogP contribution < -0.4 is 5.32 Å². The highest BCUT2D eigenvalue weighted by Gasteiger charge is 2.05. The third-order valence-electron chi connectivity index (χ3n) is 2.25. The number of hydrogen-bond donors (Lipinski definition) is 1. The number of rotatable bonds is 2. The van der Waals surface area contributed by atoms with Crippen LogP contribution >= 0.6 is 11.6 Å². The van der Waals surface area contributed by atoms with Crippen molar-refractivity contribution in [1.29, 1.82) is 0 Å².